The first-order valence-electron chi connectivity index (χ1n) is 7.04. The van der Waals surface area contributed by atoms with Gasteiger partial charge in [0.05, 0.1) is 7.11 Å². The Kier molecular flexibility index (Phi) is 5.63. The van der Waals surface area contributed by atoms with Crippen LogP contribution in [0.4, 0.5) is 0 Å². The lowest BCUT2D eigenvalue weighted by atomic mass is 10.1. The van der Waals surface area contributed by atoms with Crippen molar-refractivity contribution in [1.82, 2.24) is 15.5 Å². The van der Waals surface area contributed by atoms with E-state index in [1.165, 1.54) is 12.0 Å². The van der Waals surface area contributed by atoms with E-state index in [-0.39, 0.29) is 0 Å². The number of hydrogen-bond acceptors (Lipinski definition) is 4. The monoisotopic (exact) mass is 263 g/mol. The second-order valence-corrected chi connectivity index (χ2v) is 5.19. The maximum absolute atomic E-state index is 5.35. The lowest BCUT2D eigenvalue weighted by Crippen LogP contribution is -2.49. The molecule has 1 saturated heterocycles. The Labute approximate surface area is 116 Å². The molecule has 0 aliphatic carbocycles. The normalized spacial score (nSPS) is 20.4. The Morgan fingerprint density at radius 2 is 2.26 bits per heavy atom. The summed E-state index contributed by atoms with van der Waals surface area (Å²) < 4.78 is 5.35. The molecule has 0 amide bonds. The van der Waals surface area contributed by atoms with Crippen LogP contribution in [0, 0.1) is 0 Å². The van der Waals surface area contributed by atoms with Crippen molar-refractivity contribution in [3.05, 3.63) is 29.8 Å². The highest BCUT2D eigenvalue weighted by atomic mass is 16.5. The van der Waals surface area contributed by atoms with Gasteiger partial charge in [-0.25, -0.2) is 0 Å². The molecule has 19 heavy (non-hydrogen) atoms. The molecule has 0 radical (unpaired) electrons. The minimum absolute atomic E-state index is 0.615. The summed E-state index contributed by atoms with van der Waals surface area (Å²) in [7, 11) is 3.91. The van der Waals surface area contributed by atoms with Gasteiger partial charge in [0.15, 0.2) is 0 Å². The first kappa shape index (κ1) is 14.3. The van der Waals surface area contributed by atoms with Crippen molar-refractivity contribution in [1.29, 1.82) is 0 Å². The Hall–Kier alpha value is -1.10. The van der Waals surface area contributed by atoms with Gasteiger partial charge in [-0.3, -0.25) is 0 Å². The fourth-order valence-corrected chi connectivity index (χ4v) is 2.53. The molecule has 1 heterocycles. The van der Waals surface area contributed by atoms with Crippen LogP contribution in [0.2, 0.25) is 0 Å². The lowest BCUT2D eigenvalue weighted by Gasteiger charge is -2.31. The molecule has 0 aromatic heterocycles. The third kappa shape index (κ3) is 4.49. The van der Waals surface area contributed by atoms with Crippen LogP contribution in [0.25, 0.3) is 0 Å². The van der Waals surface area contributed by atoms with E-state index >= 15 is 0 Å². The second-order valence-electron chi connectivity index (χ2n) is 5.19. The number of para-hydroxylation sites is 1. The molecule has 1 fully saturated rings. The van der Waals surface area contributed by atoms with E-state index in [2.05, 4.69) is 34.7 Å². The maximum atomic E-state index is 5.35. The Bertz CT molecular complexity index is 383. The van der Waals surface area contributed by atoms with Crippen molar-refractivity contribution in [2.24, 2.45) is 0 Å². The largest absolute Gasteiger partial charge is 0.496 e. The number of benzene rings is 1. The van der Waals surface area contributed by atoms with Crippen molar-refractivity contribution in [3.63, 3.8) is 0 Å². The zero-order chi connectivity index (χ0) is 13.5. The molecule has 4 nitrogen and oxygen atoms in total. The standard InChI is InChI=1S/C15H25N3O/c1-18-10-9-17-14(12-18)7-8-16-11-13-5-3-4-6-15(13)19-2/h3-6,14,16-17H,7-12H2,1-2H3. The minimum Gasteiger partial charge on any atom is -0.496 e. The fraction of sp³-hybridized carbons (Fsp3) is 0.600. The highest BCUT2D eigenvalue weighted by Crippen LogP contribution is 2.16. The van der Waals surface area contributed by atoms with Gasteiger partial charge in [0, 0.05) is 37.8 Å². The van der Waals surface area contributed by atoms with Crippen LogP contribution in [-0.2, 0) is 6.54 Å². The van der Waals surface area contributed by atoms with Gasteiger partial charge in [-0.2, -0.15) is 0 Å². The summed E-state index contributed by atoms with van der Waals surface area (Å²) in [6.07, 6.45) is 1.17. The van der Waals surface area contributed by atoms with Gasteiger partial charge in [0.2, 0.25) is 0 Å². The zero-order valence-corrected chi connectivity index (χ0v) is 12.0. The van der Waals surface area contributed by atoms with Crippen LogP contribution in [0.1, 0.15) is 12.0 Å². The lowest BCUT2D eigenvalue weighted by molar-refractivity contribution is 0.231. The molecule has 1 unspecified atom stereocenters. The number of hydrogen-bond donors (Lipinski definition) is 2. The second kappa shape index (κ2) is 7.48. The Morgan fingerprint density at radius 1 is 1.42 bits per heavy atom. The van der Waals surface area contributed by atoms with E-state index in [9.17, 15) is 0 Å². The molecule has 1 aliphatic heterocycles. The first-order valence-corrected chi connectivity index (χ1v) is 7.04. The molecule has 2 rings (SSSR count). The van der Waals surface area contributed by atoms with Crippen LogP contribution in [0.5, 0.6) is 5.75 Å². The molecule has 106 valence electrons. The third-order valence-corrected chi connectivity index (χ3v) is 3.64. The maximum Gasteiger partial charge on any atom is 0.123 e. The summed E-state index contributed by atoms with van der Waals surface area (Å²) in [4.78, 5) is 2.39. The molecular formula is C15H25N3O. The smallest absolute Gasteiger partial charge is 0.123 e. The topological polar surface area (TPSA) is 36.5 Å². The highest BCUT2D eigenvalue weighted by Gasteiger charge is 2.15. The summed E-state index contributed by atoms with van der Waals surface area (Å²) in [5, 5.41) is 7.06. The van der Waals surface area contributed by atoms with Crippen molar-refractivity contribution >= 4 is 0 Å². The molecule has 1 aromatic carbocycles. The number of nitrogens with zero attached hydrogens (tertiary/aromatic N) is 1. The number of rotatable bonds is 6. The van der Waals surface area contributed by atoms with Crippen LogP contribution in [0.3, 0.4) is 0 Å². The average Bonchev–Trinajstić information content (AvgIpc) is 2.44. The van der Waals surface area contributed by atoms with Gasteiger partial charge in [0.25, 0.3) is 0 Å². The van der Waals surface area contributed by atoms with E-state index in [0.717, 1.165) is 38.5 Å². The predicted molar refractivity (Wildman–Crippen MR) is 78.6 cm³/mol. The molecule has 0 spiro atoms. The summed E-state index contributed by atoms with van der Waals surface area (Å²) in [5.74, 6) is 0.963. The molecule has 0 saturated carbocycles. The molecule has 1 aliphatic rings. The molecule has 2 N–H and O–H groups in total. The molecule has 4 heteroatoms. The van der Waals surface area contributed by atoms with Crippen molar-refractivity contribution < 1.29 is 4.74 Å². The zero-order valence-electron chi connectivity index (χ0n) is 12.0. The molecular weight excluding hydrogens is 238 g/mol. The summed E-state index contributed by atoms with van der Waals surface area (Å²) in [5.41, 5.74) is 1.22. The van der Waals surface area contributed by atoms with Crippen LogP contribution in [-0.4, -0.2) is 51.3 Å². The average molecular weight is 263 g/mol. The van der Waals surface area contributed by atoms with Crippen LogP contribution >= 0.6 is 0 Å². The summed E-state index contributed by atoms with van der Waals surface area (Å²) >= 11 is 0. The Balaban J connectivity index is 1.69. The van der Waals surface area contributed by atoms with Gasteiger partial charge >= 0.3 is 0 Å². The minimum atomic E-state index is 0.615. The number of methoxy groups -OCH3 is 1. The van der Waals surface area contributed by atoms with E-state index in [0.29, 0.717) is 6.04 Å². The number of nitrogens with one attached hydrogen (secondary N) is 2. The Morgan fingerprint density at radius 3 is 3.05 bits per heavy atom. The van der Waals surface area contributed by atoms with Crippen molar-refractivity contribution in [2.45, 2.75) is 19.0 Å². The van der Waals surface area contributed by atoms with E-state index in [1.807, 2.05) is 12.1 Å². The van der Waals surface area contributed by atoms with Gasteiger partial charge < -0.3 is 20.3 Å². The van der Waals surface area contributed by atoms with Gasteiger partial charge in [0.1, 0.15) is 5.75 Å². The molecule has 1 atom stereocenters. The highest BCUT2D eigenvalue weighted by molar-refractivity contribution is 5.32. The number of piperazine rings is 1. The quantitative estimate of drug-likeness (QED) is 0.753. The van der Waals surface area contributed by atoms with Gasteiger partial charge in [-0.05, 0) is 26.1 Å². The van der Waals surface area contributed by atoms with Crippen LogP contribution < -0.4 is 15.4 Å². The summed E-state index contributed by atoms with van der Waals surface area (Å²) in [6.45, 7) is 5.31. The van der Waals surface area contributed by atoms with E-state index in [1.54, 1.807) is 7.11 Å². The predicted octanol–water partition coefficient (Wildman–Crippen LogP) is 1.08. The van der Waals surface area contributed by atoms with E-state index < -0.39 is 0 Å². The number of ether oxygens (including phenoxy) is 1. The van der Waals surface area contributed by atoms with Gasteiger partial charge in [-0.1, -0.05) is 18.2 Å². The van der Waals surface area contributed by atoms with Gasteiger partial charge in [-0.15, -0.1) is 0 Å². The van der Waals surface area contributed by atoms with E-state index in [4.69, 9.17) is 4.74 Å². The number of likely N-dealkylation sites (N-methyl/N-ethyl adjacent to an activating group) is 1. The summed E-state index contributed by atoms with van der Waals surface area (Å²) in [6, 6.07) is 8.79. The SMILES string of the molecule is COc1ccccc1CNCCC1CN(C)CCN1. The molecule has 1 aromatic rings. The van der Waals surface area contributed by atoms with Crippen LogP contribution in [0.15, 0.2) is 24.3 Å². The van der Waals surface area contributed by atoms with Crippen molar-refractivity contribution in [2.75, 3.05) is 40.3 Å². The third-order valence-electron chi connectivity index (χ3n) is 3.64. The molecule has 0 bridgehead atoms. The first-order chi connectivity index (χ1) is 9.29. The fourth-order valence-electron chi connectivity index (χ4n) is 2.53. The van der Waals surface area contributed by atoms with Crippen molar-refractivity contribution in [3.8, 4) is 5.75 Å².